The topological polar surface area (TPSA) is 47.9 Å². The van der Waals surface area contributed by atoms with Gasteiger partial charge in [-0.2, -0.15) is 0 Å². The van der Waals surface area contributed by atoms with Crippen LogP contribution >= 0.6 is 0 Å². The number of aryl methyl sites for hydroxylation is 1. The van der Waals surface area contributed by atoms with E-state index >= 15 is 0 Å². The average molecular weight is 315 g/mol. The number of nitrogens with zero attached hydrogens (tertiary/aromatic N) is 1. The number of aliphatic imine (C=N–C) groups is 1. The van der Waals surface area contributed by atoms with Crippen LogP contribution in [-0.4, -0.2) is 25.1 Å². The minimum Gasteiger partial charge on any atom is -0.433 e. The Bertz CT molecular complexity index is 632. The molecule has 0 aliphatic carbocycles. The van der Waals surface area contributed by atoms with Crippen molar-refractivity contribution < 1.29 is 14.3 Å². The molecule has 23 heavy (non-hydrogen) atoms. The highest BCUT2D eigenvalue weighted by Gasteiger charge is 2.20. The fourth-order valence-electron chi connectivity index (χ4n) is 2.63. The zero-order chi connectivity index (χ0) is 17.0. The zero-order valence-electron chi connectivity index (χ0n) is 14.5. The first-order valence-corrected chi connectivity index (χ1v) is 8.04. The predicted octanol–water partition coefficient (Wildman–Crippen LogP) is 4.55. The van der Waals surface area contributed by atoms with E-state index in [0.29, 0.717) is 0 Å². The van der Waals surface area contributed by atoms with Gasteiger partial charge in [-0.15, -0.1) is 0 Å². The van der Waals surface area contributed by atoms with Crippen LogP contribution in [0.5, 0.6) is 0 Å². The fraction of sp³-hybridized carbons (Fsp3) is 0.474. The van der Waals surface area contributed by atoms with Crippen molar-refractivity contribution in [3.8, 4) is 0 Å². The average Bonchev–Trinajstić information content (AvgIpc) is 2.95. The molecule has 1 aliphatic heterocycles. The van der Waals surface area contributed by atoms with Gasteiger partial charge in [0.1, 0.15) is 6.61 Å². The molecule has 0 amide bonds. The van der Waals surface area contributed by atoms with Crippen molar-refractivity contribution in [3.05, 3.63) is 46.7 Å². The summed E-state index contributed by atoms with van der Waals surface area (Å²) in [7, 11) is 0. The van der Waals surface area contributed by atoms with Crippen molar-refractivity contribution >= 4 is 12.4 Å². The fourth-order valence-corrected chi connectivity index (χ4v) is 2.63. The maximum absolute atomic E-state index is 11.4. The molecule has 1 aromatic rings. The number of hydrogen-bond donors (Lipinski definition) is 0. The molecule has 1 heterocycles. The van der Waals surface area contributed by atoms with Crippen LogP contribution in [0.15, 0.2) is 35.0 Å². The van der Waals surface area contributed by atoms with Gasteiger partial charge in [0.05, 0.1) is 6.10 Å². The lowest BCUT2D eigenvalue weighted by atomic mass is 9.91. The van der Waals surface area contributed by atoms with E-state index in [-0.39, 0.29) is 24.5 Å². The Kier molecular flexibility index (Phi) is 5.59. The molecule has 2 atom stereocenters. The Morgan fingerprint density at radius 1 is 1.26 bits per heavy atom. The van der Waals surface area contributed by atoms with E-state index in [9.17, 15) is 4.79 Å². The third-order valence-corrected chi connectivity index (χ3v) is 4.08. The standard InChI is InChI=1S/C19H25NO3/c1-12(2)23-19(21)22-11-16-9-18(20-10-16)15(5)17-8-6-7-13(3)14(17)4/h6-10,12,15-16H,11H2,1-5H3/t15-,16?/m0/s1. The van der Waals surface area contributed by atoms with E-state index < -0.39 is 6.16 Å². The predicted molar refractivity (Wildman–Crippen MR) is 92.0 cm³/mol. The quantitative estimate of drug-likeness (QED) is 0.749. The first kappa shape index (κ1) is 17.3. The molecule has 0 radical (unpaired) electrons. The number of allylic oxidation sites excluding steroid dienone is 1. The lowest BCUT2D eigenvalue weighted by molar-refractivity contribution is 0.0329. The van der Waals surface area contributed by atoms with Crippen LogP contribution in [0.2, 0.25) is 0 Å². The van der Waals surface area contributed by atoms with Gasteiger partial charge < -0.3 is 9.47 Å². The molecule has 0 saturated carbocycles. The largest absolute Gasteiger partial charge is 0.508 e. The molecule has 0 bridgehead atoms. The van der Waals surface area contributed by atoms with Crippen LogP contribution in [0, 0.1) is 19.8 Å². The third-order valence-electron chi connectivity index (χ3n) is 4.08. The van der Waals surface area contributed by atoms with Crippen LogP contribution in [0.4, 0.5) is 4.79 Å². The lowest BCUT2D eigenvalue weighted by Crippen LogP contribution is -2.17. The zero-order valence-corrected chi connectivity index (χ0v) is 14.5. The Morgan fingerprint density at radius 2 is 2.00 bits per heavy atom. The highest BCUT2D eigenvalue weighted by Crippen LogP contribution is 2.31. The summed E-state index contributed by atoms with van der Waals surface area (Å²) in [5, 5.41) is 0. The van der Waals surface area contributed by atoms with Gasteiger partial charge in [-0.25, -0.2) is 4.79 Å². The van der Waals surface area contributed by atoms with Gasteiger partial charge in [0.25, 0.3) is 0 Å². The molecule has 124 valence electrons. The molecule has 1 unspecified atom stereocenters. The minimum absolute atomic E-state index is 0.0114. The first-order chi connectivity index (χ1) is 10.9. The Hall–Kier alpha value is -2.10. The molecule has 0 N–H and O–H groups in total. The lowest BCUT2D eigenvalue weighted by Gasteiger charge is -2.16. The summed E-state index contributed by atoms with van der Waals surface area (Å²) in [6, 6.07) is 6.35. The van der Waals surface area contributed by atoms with Crippen LogP contribution in [0.1, 0.15) is 43.4 Å². The maximum atomic E-state index is 11.4. The van der Waals surface area contributed by atoms with Gasteiger partial charge in [0.15, 0.2) is 0 Å². The minimum atomic E-state index is -0.627. The molecular weight excluding hydrogens is 290 g/mol. The van der Waals surface area contributed by atoms with Crippen molar-refractivity contribution in [3.63, 3.8) is 0 Å². The smallest absolute Gasteiger partial charge is 0.433 e. The molecular formula is C19H25NO3. The summed E-state index contributed by atoms with van der Waals surface area (Å²) in [4.78, 5) is 15.9. The summed E-state index contributed by atoms with van der Waals surface area (Å²) in [5.74, 6) is 0.232. The van der Waals surface area contributed by atoms with Crippen LogP contribution in [0.25, 0.3) is 0 Å². The maximum Gasteiger partial charge on any atom is 0.508 e. The van der Waals surface area contributed by atoms with Crippen LogP contribution in [0.3, 0.4) is 0 Å². The van der Waals surface area contributed by atoms with Gasteiger partial charge in [-0.1, -0.05) is 31.2 Å². The van der Waals surface area contributed by atoms with Crippen molar-refractivity contribution in [2.75, 3.05) is 6.61 Å². The van der Waals surface area contributed by atoms with Crippen molar-refractivity contribution in [1.82, 2.24) is 0 Å². The second kappa shape index (κ2) is 7.44. The number of hydrogen-bond acceptors (Lipinski definition) is 4. The summed E-state index contributed by atoms with van der Waals surface area (Å²) < 4.78 is 10.1. The van der Waals surface area contributed by atoms with Crippen molar-refractivity contribution in [2.24, 2.45) is 10.9 Å². The van der Waals surface area contributed by atoms with Crippen LogP contribution < -0.4 is 0 Å². The highest BCUT2D eigenvalue weighted by atomic mass is 16.7. The molecule has 0 spiro atoms. The second-order valence-corrected chi connectivity index (χ2v) is 6.27. The van der Waals surface area contributed by atoms with E-state index in [1.807, 2.05) is 6.21 Å². The SMILES string of the molecule is Cc1cccc([C@H](C)C2=CC(COC(=O)OC(C)C)C=N2)c1C. The molecule has 0 saturated heterocycles. The Morgan fingerprint density at radius 3 is 2.70 bits per heavy atom. The molecule has 2 rings (SSSR count). The number of carbonyl (C=O) groups is 1. The van der Waals surface area contributed by atoms with Gasteiger partial charge >= 0.3 is 6.16 Å². The van der Waals surface area contributed by atoms with Crippen molar-refractivity contribution in [2.45, 2.75) is 46.6 Å². The summed E-state index contributed by atoms with van der Waals surface area (Å²) in [5.41, 5.74) is 4.89. The molecule has 4 nitrogen and oxygen atoms in total. The molecule has 0 aromatic heterocycles. The summed E-state index contributed by atoms with van der Waals surface area (Å²) >= 11 is 0. The molecule has 1 aromatic carbocycles. The summed E-state index contributed by atoms with van der Waals surface area (Å²) in [6.07, 6.45) is 3.10. The number of benzene rings is 1. The van der Waals surface area contributed by atoms with Gasteiger partial charge in [-0.05, 0) is 44.4 Å². The molecule has 4 heteroatoms. The first-order valence-electron chi connectivity index (χ1n) is 8.04. The van der Waals surface area contributed by atoms with E-state index in [0.717, 1.165) is 5.70 Å². The Balaban J connectivity index is 1.98. The van der Waals surface area contributed by atoms with Gasteiger partial charge in [0.2, 0.25) is 0 Å². The van der Waals surface area contributed by atoms with Gasteiger partial charge in [0, 0.05) is 23.7 Å². The van der Waals surface area contributed by atoms with Crippen LogP contribution in [-0.2, 0) is 9.47 Å². The van der Waals surface area contributed by atoms with E-state index in [1.54, 1.807) is 13.8 Å². The highest BCUT2D eigenvalue weighted by molar-refractivity contribution is 5.70. The van der Waals surface area contributed by atoms with E-state index in [4.69, 9.17) is 9.47 Å². The summed E-state index contributed by atoms with van der Waals surface area (Å²) in [6.45, 7) is 10.3. The Labute approximate surface area is 138 Å². The molecule has 0 fully saturated rings. The van der Waals surface area contributed by atoms with Gasteiger partial charge in [-0.3, -0.25) is 4.99 Å². The second-order valence-electron chi connectivity index (χ2n) is 6.27. The number of carbonyl (C=O) groups excluding carboxylic acids is 1. The van der Waals surface area contributed by atoms with E-state index in [1.165, 1.54) is 16.7 Å². The number of ether oxygens (including phenoxy) is 2. The third kappa shape index (κ3) is 4.44. The molecule has 1 aliphatic rings. The van der Waals surface area contributed by atoms with E-state index in [2.05, 4.69) is 50.0 Å². The normalized spacial score (nSPS) is 18.0. The monoisotopic (exact) mass is 315 g/mol. The van der Waals surface area contributed by atoms with Crippen molar-refractivity contribution in [1.29, 1.82) is 0 Å². The number of rotatable bonds is 5.